The van der Waals surface area contributed by atoms with Crippen molar-refractivity contribution in [3.63, 3.8) is 0 Å². The van der Waals surface area contributed by atoms with Gasteiger partial charge in [0.1, 0.15) is 5.15 Å². The molecular weight excluding hydrogens is 239 g/mol. The van der Waals surface area contributed by atoms with Gasteiger partial charge in [-0.05, 0) is 41.5 Å². The van der Waals surface area contributed by atoms with E-state index in [0.29, 0.717) is 11.2 Å². The molecule has 0 aliphatic heterocycles. The number of hydrogen-bond donors (Lipinski definition) is 1. The Hall–Kier alpha value is -0.120. The molecule has 1 aromatic rings. The highest BCUT2D eigenvalue weighted by molar-refractivity contribution is 9.10. The molecule has 0 saturated carbocycles. The third-order valence-electron chi connectivity index (χ3n) is 1.75. The molecule has 0 aromatic carbocycles. The summed E-state index contributed by atoms with van der Waals surface area (Å²) < 4.78 is 0.837. The Morgan fingerprint density at radius 3 is 2.83 bits per heavy atom. The first-order valence-electron chi connectivity index (χ1n) is 3.63. The van der Waals surface area contributed by atoms with Crippen molar-refractivity contribution in [1.29, 1.82) is 0 Å². The molecule has 0 aliphatic carbocycles. The molecule has 1 rings (SSSR count). The van der Waals surface area contributed by atoms with Gasteiger partial charge in [-0.2, -0.15) is 0 Å². The molecule has 0 bridgehead atoms. The van der Waals surface area contributed by atoms with Crippen LogP contribution in [0.4, 0.5) is 0 Å². The van der Waals surface area contributed by atoms with Crippen molar-refractivity contribution < 1.29 is 0 Å². The number of nitrogens with zero attached hydrogens (tertiary/aromatic N) is 1. The van der Waals surface area contributed by atoms with Crippen LogP contribution in [-0.4, -0.2) is 12.0 Å². The number of rotatable bonds is 2. The van der Waals surface area contributed by atoms with E-state index in [0.717, 1.165) is 10.0 Å². The fourth-order valence-corrected chi connectivity index (χ4v) is 1.31. The van der Waals surface area contributed by atoms with Crippen LogP contribution in [-0.2, 0) is 0 Å². The van der Waals surface area contributed by atoms with Crippen molar-refractivity contribution >= 4 is 27.5 Å². The second-order valence-corrected chi connectivity index (χ2v) is 3.76. The topological polar surface area (TPSA) is 24.9 Å². The Kier molecular flexibility index (Phi) is 3.50. The van der Waals surface area contributed by atoms with Crippen LogP contribution in [0, 0.1) is 0 Å². The molecule has 1 aromatic heterocycles. The first-order chi connectivity index (χ1) is 5.65. The zero-order chi connectivity index (χ0) is 9.14. The summed E-state index contributed by atoms with van der Waals surface area (Å²) in [5.74, 6) is 0. The van der Waals surface area contributed by atoms with Crippen LogP contribution in [0.25, 0.3) is 0 Å². The molecular formula is C8H10BrClN2. The zero-order valence-corrected chi connectivity index (χ0v) is 9.28. The summed E-state index contributed by atoms with van der Waals surface area (Å²) in [5.41, 5.74) is 1.12. The second kappa shape index (κ2) is 4.21. The third-order valence-corrected chi connectivity index (χ3v) is 2.88. The lowest BCUT2D eigenvalue weighted by Crippen LogP contribution is -2.12. The van der Waals surface area contributed by atoms with Gasteiger partial charge in [0.25, 0.3) is 0 Å². The molecule has 1 N–H and O–H groups in total. The summed E-state index contributed by atoms with van der Waals surface area (Å²) in [6, 6.07) is 2.27. The van der Waals surface area contributed by atoms with Gasteiger partial charge in [0.05, 0.1) is 4.47 Å². The minimum absolute atomic E-state index is 0.297. The molecule has 2 nitrogen and oxygen atoms in total. The lowest BCUT2D eigenvalue weighted by molar-refractivity contribution is 0.649. The summed E-state index contributed by atoms with van der Waals surface area (Å²) in [7, 11) is 1.91. The van der Waals surface area contributed by atoms with Crippen LogP contribution in [0.1, 0.15) is 18.5 Å². The zero-order valence-electron chi connectivity index (χ0n) is 6.94. The van der Waals surface area contributed by atoms with Crippen molar-refractivity contribution in [1.82, 2.24) is 10.3 Å². The Bertz CT molecular complexity index is 278. The van der Waals surface area contributed by atoms with Gasteiger partial charge in [-0.1, -0.05) is 11.6 Å². The van der Waals surface area contributed by atoms with Gasteiger partial charge in [-0.15, -0.1) is 0 Å². The van der Waals surface area contributed by atoms with E-state index < -0.39 is 0 Å². The van der Waals surface area contributed by atoms with E-state index in [1.54, 1.807) is 6.20 Å². The summed E-state index contributed by atoms with van der Waals surface area (Å²) in [4.78, 5) is 4.03. The minimum atomic E-state index is 0.297. The Morgan fingerprint density at radius 2 is 2.33 bits per heavy atom. The first kappa shape index (κ1) is 9.96. The minimum Gasteiger partial charge on any atom is -0.313 e. The SMILES string of the molecule is CNC(C)c1cnc(Cl)c(Br)c1. The maximum atomic E-state index is 5.75. The van der Waals surface area contributed by atoms with Crippen molar-refractivity contribution in [2.45, 2.75) is 13.0 Å². The fourth-order valence-electron chi connectivity index (χ4n) is 0.839. The number of aromatic nitrogens is 1. The van der Waals surface area contributed by atoms with E-state index in [1.165, 1.54) is 0 Å². The highest BCUT2D eigenvalue weighted by Gasteiger charge is 2.05. The highest BCUT2D eigenvalue weighted by atomic mass is 79.9. The molecule has 0 aliphatic rings. The summed E-state index contributed by atoms with van der Waals surface area (Å²) in [6.07, 6.45) is 1.77. The standard InChI is InChI=1S/C8H10BrClN2/c1-5(11-2)6-3-7(9)8(10)12-4-6/h3-5,11H,1-2H3. The van der Waals surface area contributed by atoms with Gasteiger partial charge in [-0.3, -0.25) is 0 Å². The molecule has 66 valence electrons. The van der Waals surface area contributed by atoms with Crippen molar-refractivity contribution in [2.75, 3.05) is 7.05 Å². The van der Waals surface area contributed by atoms with Crippen LogP contribution < -0.4 is 5.32 Å². The van der Waals surface area contributed by atoms with E-state index >= 15 is 0 Å². The molecule has 0 saturated heterocycles. The molecule has 1 heterocycles. The van der Waals surface area contributed by atoms with Crippen molar-refractivity contribution in [2.24, 2.45) is 0 Å². The van der Waals surface area contributed by atoms with E-state index in [1.807, 2.05) is 13.1 Å². The Morgan fingerprint density at radius 1 is 1.67 bits per heavy atom. The molecule has 0 amide bonds. The number of nitrogens with one attached hydrogen (secondary N) is 1. The maximum absolute atomic E-state index is 5.75. The maximum Gasteiger partial charge on any atom is 0.143 e. The van der Waals surface area contributed by atoms with E-state index in [-0.39, 0.29) is 0 Å². The van der Waals surface area contributed by atoms with Gasteiger partial charge >= 0.3 is 0 Å². The van der Waals surface area contributed by atoms with Gasteiger partial charge in [0.2, 0.25) is 0 Å². The third kappa shape index (κ3) is 2.19. The van der Waals surface area contributed by atoms with Gasteiger partial charge in [0.15, 0.2) is 0 Å². The summed E-state index contributed by atoms with van der Waals surface area (Å²) in [6.45, 7) is 2.07. The first-order valence-corrected chi connectivity index (χ1v) is 4.80. The van der Waals surface area contributed by atoms with E-state index in [4.69, 9.17) is 11.6 Å². The van der Waals surface area contributed by atoms with E-state index in [2.05, 4.69) is 33.2 Å². The van der Waals surface area contributed by atoms with Gasteiger partial charge in [0, 0.05) is 12.2 Å². The average molecular weight is 250 g/mol. The summed E-state index contributed by atoms with van der Waals surface area (Å²) >= 11 is 9.07. The fraction of sp³-hybridized carbons (Fsp3) is 0.375. The largest absolute Gasteiger partial charge is 0.313 e. The number of halogens is 2. The van der Waals surface area contributed by atoms with Crippen LogP contribution in [0.5, 0.6) is 0 Å². The quantitative estimate of drug-likeness (QED) is 0.815. The predicted molar refractivity (Wildman–Crippen MR) is 54.4 cm³/mol. The summed E-state index contributed by atoms with van der Waals surface area (Å²) in [5, 5.41) is 3.63. The smallest absolute Gasteiger partial charge is 0.143 e. The molecule has 1 atom stereocenters. The lowest BCUT2D eigenvalue weighted by Gasteiger charge is -2.10. The predicted octanol–water partition coefficient (Wildman–Crippen LogP) is 2.78. The van der Waals surface area contributed by atoms with Crippen molar-refractivity contribution in [3.8, 4) is 0 Å². The van der Waals surface area contributed by atoms with E-state index in [9.17, 15) is 0 Å². The molecule has 0 fully saturated rings. The van der Waals surface area contributed by atoms with Crippen LogP contribution in [0.3, 0.4) is 0 Å². The van der Waals surface area contributed by atoms with Crippen LogP contribution in [0.2, 0.25) is 5.15 Å². The highest BCUT2D eigenvalue weighted by Crippen LogP contribution is 2.23. The Balaban J connectivity index is 2.96. The molecule has 1 unspecified atom stereocenters. The molecule has 12 heavy (non-hydrogen) atoms. The van der Waals surface area contributed by atoms with Crippen molar-refractivity contribution in [3.05, 3.63) is 27.5 Å². The second-order valence-electron chi connectivity index (χ2n) is 2.55. The normalized spacial score (nSPS) is 13.0. The molecule has 4 heteroatoms. The molecule has 0 spiro atoms. The Labute approximate surface area is 85.5 Å². The average Bonchev–Trinajstić information content (AvgIpc) is 2.08. The monoisotopic (exact) mass is 248 g/mol. The van der Waals surface area contributed by atoms with Crippen LogP contribution >= 0.6 is 27.5 Å². The number of hydrogen-bond acceptors (Lipinski definition) is 2. The van der Waals surface area contributed by atoms with Gasteiger partial charge < -0.3 is 5.32 Å². The van der Waals surface area contributed by atoms with Gasteiger partial charge in [-0.25, -0.2) is 4.98 Å². The molecule has 0 radical (unpaired) electrons. The van der Waals surface area contributed by atoms with Crippen LogP contribution in [0.15, 0.2) is 16.7 Å². The lowest BCUT2D eigenvalue weighted by atomic mass is 10.1. The number of pyridine rings is 1.